The topological polar surface area (TPSA) is 50.5 Å². The predicted octanol–water partition coefficient (Wildman–Crippen LogP) is 2.20. The van der Waals surface area contributed by atoms with E-state index in [1.165, 1.54) is 16.2 Å². The summed E-state index contributed by atoms with van der Waals surface area (Å²) in [6.07, 6.45) is 2.74. The average molecular weight is 320 g/mol. The normalized spacial score (nSPS) is 11.6. The van der Waals surface area contributed by atoms with Crippen LogP contribution < -0.4 is 5.56 Å². The van der Waals surface area contributed by atoms with Gasteiger partial charge in [-0.05, 0) is 20.4 Å². The quantitative estimate of drug-likeness (QED) is 0.723. The fourth-order valence-electron chi connectivity index (χ4n) is 2.18. The molecule has 3 heterocycles. The maximum absolute atomic E-state index is 11.9. The Kier molecular flexibility index (Phi) is 4.14. The lowest BCUT2D eigenvalue weighted by molar-refractivity contribution is 0.327. The fourth-order valence-corrected chi connectivity index (χ4v) is 3.69. The van der Waals surface area contributed by atoms with Gasteiger partial charge in [-0.2, -0.15) is 0 Å². The number of thiazole rings is 2. The average Bonchev–Trinajstić information content (AvgIpc) is 3.05. The van der Waals surface area contributed by atoms with Gasteiger partial charge in [0, 0.05) is 35.6 Å². The van der Waals surface area contributed by atoms with Crippen LogP contribution in [-0.4, -0.2) is 32.9 Å². The Morgan fingerprint density at radius 1 is 1.38 bits per heavy atom. The van der Waals surface area contributed by atoms with Crippen molar-refractivity contribution in [1.29, 1.82) is 0 Å². The molecule has 21 heavy (non-hydrogen) atoms. The summed E-state index contributed by atoms with van der Waals surface area (Å²) in [6, 6.07) is 1.62. The molecule has 0 unspecified atom stereocenters. The Morgan fingerprint density at radius 3 is 3.00 bits per heavy atom. The van der Waals surface area contributed by atoms with E-state index in [0.29, 0.717) is 6.54 Å². The van der Waals surface area contributed by atoms with Crippen molar-refractivity contribution in [2.75, 3.05) is 13.6 Å². The smallest absolute Gasteiger partial charge is 0.258 e. The van der Waals surface area contributed by atoms with E-state index in [-0.39, 0.29) is 5.56 Å². The highest BCUT2D eigenvalue weighted by molar-refractivity contribution is 7.15. The molecule has 0 bridgehead atoms. The van der Waals surface area contributed by atoms with Gasteiger partial charge >= 0.3 is 0 Å². The van der Waals surface area contributed by atoms with Gasteiger partial charge in [-0.3, -0.25) is 9.20 Å². The SMILES string of the molecule is Cc1ncsc1CCN(C)Cc1cc(=O)n2ccsc2n1. The third-order valence-electron chi connectivity index (χ3n) is 3.35. The second kappa shape index (κ2) is 6.05. The van der Waals surface area contributed by atoms with Crippen molar-refractivity contribution in [1.82, 2.24) is 19.3 Å². The highest BCUT2D eigenvalue weighted by Crippen LogP contribution is 2.13. The molecule has 0 amide bonds. The summed E-state index contributed by atoms with van der Waals surface area (Å²) in [7, 11) is 2.05. The van der Waals surface area contributed by atoms with Crippen molar-refractivity contribution in [2.24, 2.45) is 0 Å². The standard InChI is InChI=1S/C14H16N4OS2/c1-10-12(21-9-15-10)3-4-17(2)8-11-7-13(19)18-5-6-20-14(18)16-11/h5-7,9H,3-4,8H2,1-2H3. The molecule has 3 rings (SSSR count). The van der Waals surface area contributed by atoms with Gasteiger partial charge in [0.2, 0.25) is 0 Å². The zero-order valence-corrected chi connectivity index (χ0v) is 13.6. The molecule has 0 N–H and O–H groups in total. The van der Waals surface area contributed by atoms with Crippen LogP contribution in [0.1, 0.15) is 16.3 Å². The van der Waals surface area contributed by atoms with Crippen LogP contribution in [0.3, 0.4) is 0 Å². The first kappa shape index (κ1) is 14.4. The number of hydrogen-bond donors (Lipinski definition) is 0. The molecule has 5 nitrogen and oxygen atoms in total. The molecule has 0 aliphatic heterocycles. The molecule has 0 aromatic carbocycles. The molecule has 0 fully saturated rings. The van der Waals surface area contributed by atoms with Crippen molar-refractivity contribution in [3.63, 3.8) is 0 Å². The summed E-state index contributed by atoms with van der Waals surface area (Å²) in [4.78, 5) is 25.0. The summed E-state index contributed by atoms with van der Waals surface area (Å²) >= 11 is 3.18. The van der Waals surface area contributed by atoms with Gasteiger partial charge in [-0.15, -0.1) is 22.7 Å². The highest BCUT2D eigenvalue weighted by atomic mass is 32.1. The molecule has 0 radical (unpaired) electrons. The maximum Gasteiger partial charge on any atom is 0.258 e. The number of nitrogens with zero attached hydrogens (tertiary/aromatic N) is 4. The Morgan fingerprint density at radius 2 is 2.24 bits per heavy atom. The first-order valence-corrected chi connectivity index (χ1v) is 8.42. The van der Waals surface area contributed by atoms with E-state index >= 15 is 0 Å². The summed E-state index contributed by atoms with van der Waals surface area (Å²) in [5.74, 6) is 0. The zero-order valence-electron chi connectivity index (χ0n) is 11.9. The minimum atomic E-state index is -0.0112. The summed E-state index contributed by atoms with van der Waals surface area (Å²) in [6.45, 7) is 3.65. The summed E-state index contributed by atoms with van der Waals surface area (Å²) < 4.78 is 1.58. The Balaban J connectivity index is 1.67. The number of likely N-dealkylation sites (N-methyl/N-ethyl adjacent to an activating group) is 1. The number of rotatable bonds is 5. The molecule has 0 aliphatic rings. The molecule has 0 aliphatic carbocycles. The summed E-state index contributed by atoms with van der Waals surface area (Å²) in [5.41, 5.74) is 3.82. The van der Waals surface area contributed by atoms with Crippen LogP contribution in [0.15, 0.2) is 27.9 Å². The predicted molar refractivity (Wildman–Crippen MR) is 86.2 cm³/mol. The first-order chi connectivity index (χ1) is 10.1. The second-order valence-corrected chi connectivity index (χ2v) is 6.80. The van der Waals surface area contributed by atoms with Gasteiger partial charge in [0.15, 0.2) is 4.96 Å². The van der Waals surface area contributed by atoms with Crippen molar-refractivity contribution in [3.05, 3.63) is 49.8 Å². The third kappa shape index (κ3) is 3.20. The molecule has 110 valence electrons. The van der Waals surface area contributed by atoms with Crippen LogP contribution in [0.2, 0.25) is 0 Å². The molecule has 3 aromatic heterocycles. The number of fused-ring (bicyclic) bond motifs is 1. The molecular weight excluding hydrogens is 304 g/mol. The maximum atomic E-state index is 11.9. The van der Waals surface area contributed by atoms with E-state index in [0.717, 1.165) is 29.3 Å². The molecule has 7 heteroatoms. The molecule has 3 aromatic rings. The lowest BCUT2D eigenvalue weighted by atomic mass is 10.3. The molecule has 0 saturated heterocycles. The van der Waals surface area contributed by atoms with Crippen LogP contribution in [0.25, 0.3) is 4.96 Å². The van der Waals surface area contributed by atoms with Crippen LogP contribution in [0.4, 0.5) is 0 Å². The van der Waals surface area contributed by atoms with Crippen LogP contribution in [-0.2, 0) is 13.0 Å². The Bertz CT molecular complexity index is 805. The lowest BCUT2D eigenvalue weighted by Crippen LogP contribution is -2.23. The van der Waals surface area contributed by atoms with Crippen molar-refractivity contribution in [3.8, 4) is 0 Å². The minimum Gasteiger partial charge on any atom is -0.300 e. The lowest BCUT2D eigenvalue weighted by Gasteiger charge is -2.15. The van der Waals surface area contributed by atoms with Gasteiger partial charge in [0.25, 0.3) is 5.56 Å². The van der Waals surface area contributed by atoms with Crippen molar-refractivity contribution >= 4 is 27.6 Å². The third-order valence-corrected chi connectivity index (χ3v) is 5.11. The molecule has 0 spiro atoms. The summed E-state index contributed by atoms with van der Waals surface area (Å²) in [5, 5.41) is 1.88. The molecule has 0 saturated carbocycles. The number of aromatic nitrogens is 3. The van der Waals surface area contributed by atoms with Gasteiger partial charge in [0.1, 0.15) is 0 Å². The fraction of sp³-hybridized carbons (Fsp3) is 0.357. The van der Waals surface area contributed by atoms with Gasteiger partial charge in [-0.25, -0.2) is 9.97 Å². The number of hydrogen-bond acceptors (Lipinski definition) is 6. The largest absolute Gasteiger partial charge is 0.300 e. The van der Waals surface area contributed by atoms with E-state index in [1.54, 1.807) is 28.0 Å². The van der Waals surface area contributed by atoms with Gasteiger partial charge in [-0.1, -0.05) is 0 Å². The van der Waals surface area contributed by atoms with Gasteiger partial charge in [0.05, 0.1) is 16.9 Å². The second-order valence-electron chi connectivity index (χ2n) is 4.99. The van der Waals surface area contributed by atoms with E-state index < -0.39 is 0 Å². The van der Waals surface area contributed by atoms with E-state index in [2.05, 4.69) is 14.9 Å². The van der Waals surface area contributed by atoms with E-state index in [4.69, 9.17) is 0 Å². The van der Waals surface area contributed by atoms with Crippen molar-refractivity contribution in [2.45, 2.75) is 19.9 Å². The Hall–Kier alpha value is -1.57. The number of aryl methyl sites for hydroxylation is 1. The highest BCUT2D eigenvalue weighted by Gasteiger charge is 2.08. The minimum absolute atomic E-state index is 0.0112. The molecule has 0 atom stereocenters. The first-order valence-electron chi connectivity index (χ1n) is 6.67. The zero-order chi connectivity index (χ0) is 14.8. The van der Waals surface area contributed by atoms with Crippen LogP contribution in [0, 0.1) is 6.92 Å². The van der Waals surface area contributed by atoms with Crippen LogP contribution >= 0.6 is 22.7 Å². The molecular formula is C14H16N4OS2. The Labute approximate surface area is 130 Å². The van der Waals surface area contributed by atoms with Crippen LogP contribution in [0.5, 0.6) is 0 Å². The van der Waals surface area contributed by atoms with Crippen molar-refractivity contribution < 1.29 is 0 Å². The van der Waals surface area contributed by atoms with E-state index in [9.17, 15) is 4.79 Å². The monoisotopic (exact) mass is 320 g/mol. The van der Waals surface area contributed by atoms with Gasteiger partial charge < -0.3 is 4.90 Å². The van der Waals surface area contributed by atoms with E-state index in [1.807, 2.05) is 24.9 Å².